The number of benzene rings is 1. The highest BCUT2D eigenvalue weighted by molar-refractivity contribution is 6.11. The molecule has 4 atom stereocenters. The highest BCUT2D eigenvalue weighted by Crippen LogP contribution is 2.51. The third-order valence-electron chi connectivity index (χ3n) is 8.84. The lowest BCUT2D eigenvalue weighted by Gasteiger charge is -2.24. The Hall–Kier alpha value is -5.61. The number of amides is 1. The second-order valence-corrected chi connectivity index (χ2v) is 13.4. The Kier molecular flexibility index (Phi) is 9.41. The molecule has 1 aromatic carbocycles. The van der Waals surface area contributed by atoms with Gasteiger partial charge in [-0.15, -0.1) is 0 Å². The number of nitrogens with zero attached hydrogens (tertiary/aromatic N) is 3. The summed E-state index contributed by atoms with van der Waals surface area (Å²) in [5.74, 6) is 0.604. The molecule has 16 heteroatoms. The molecule has 0 saturated heterocycles. The first-order chi connectivity index (χ1) is 24.7. The van der Waals surface area contributed by atoms with E-state index in [2.05, 4.69) is 44.1 Å². The number of allylic oxidation sites excluding steroid dienone is 5. The molecule has 3 aromatic rings. The summed E-state index contributed by atoms with van der Waals surface area (Å²) in [7, 11) is 1.59. The number of aryl methyl sites for hydroxylation is 1. The fourth-order valence-corrected chi connectivity index (χ4v) is 6.53. The van der Waals surface area contributed by atoms with Crippen LogP contribution in [0.2, 0.25) is 0 Å². The van der Waals surface area contributed by atoms with E-state index in [1.165, 1.54) is 24.6 Å². The molecule has 2 heterocycles. The Balaban J connectivity index is 1.46. The number of hydrogen-bond donors (Lipinski definition) is 4. The number of nitrogens with two attached hydrogens (primary N) is 1. The van der Waals surface area contributed by atoms with Crippen molar-refractivity contribution in [1.29, 1.82) is 0 Å². The summed E-state index contributed by atoms with van der Waals surface area (Å²) in [5.41, 5.74) is 0.904. The van der Waals surface area contributed by atoms with E-state index in [1.54, 1.807) is 31.3 Å². The van der Waals surface area contributed by atoms with Gasteiger partial charge in [-0.2, -0.15) is 22.0 Å². The van der Waals surface area contributed by atoms with Crippen LogP contribution >= 0.6 is 0 Å². The molecule has 276 valence electrons. The van der Waals surface area contributed by atoms with Crippen LogP contribution in [0.5, 0.6) is 0 Å². The topological polar surface area (TPSA) is 138 Å². The maximum Gasteiger partial charge on any atom is 0.431 e. The van der Waals surface area contributed by atoms with Crippen LogP contribution in [0.25, 0.3) is 22.0 Å². The number of alkyl halides is 6. The first-order valence-corrected chi connectivity index (χ1v) is 16.2. The number of carbonyl (C=O) groups excluding carboxylic acids is 1. The average Bonchev–Trinajstić information content (AvgIpc) is 3.40. The normalized spacial score (nSPS) is 22.8. The molecular weight excluding hydrogens is 709 g/mol. The number of aliphatic hydroxyl groups is 1. The second kappa shape index (κ2) is 13.4. The number of fused-ring (bicyclic) bond motifs is 2. The van der Waals surface area contributed by atoms with Crippen molar-refractivity contribution in [2.45, 2.75) is 56.6 Å². The Morgan fingerprint density at radius 3 is 2.60 bits per heavy atom. The molecule has 2 aromatic heterocycles. The quantitative estimate of drug-likeness (QED) is 0.194. The van der Waals surface area contributed by atoms with Gasteiger partial charge in [-0.05, 0) is 56.5 Å². The number of hydrogen-bond acceptors (Lipinski definition) is 6. The molecule has 5 N–H and O–H groups in total. The van der Waals surface area contributed by atoms with Crippen LogP contribution in [0.3, 0.4) is 0 Å². The van der Waals surface area contributed by atoms with Gasteiger partial charge in [0.25, 0.3) is 5.56 Å². The van der Waals surface area contributed by atoms with Crippen molar-refractivity contribution < 1.29 is 40.6 Å². The maximum absolute atomic E-state index is 15.3. The fourth-order valence-electron chi connectivity index (χ4n) is 6.53. The van der Waals surface area contributed by atoms with Gasteiger partial charge in [0.1, 0.15) is 47.2 Å². The number of rotatable bonds is 7. The molecule has 0 bridgehead atoms. The molecule has 3 aliphatic rings. The number of aromatic amines is 1. The van der Waals surface area contributed by atoms with Gasteiger partial charge in [-0.25, -0.2) is 13.8 Å². The highest BCUT2D eigenvalue weighted by atomic mass is 19.4. The predicted octanol–water partition coefficient (Wildman–Crippen LogP) is 5.23. The molecule has 53 heavy (non-hydrogen) atoms. The van der Waals surface area contributed by atoms with Crippen molar-refractivity contribution in [1.82, 2.24) is 20.1 Å². The largest absolute Gasteiger partial charge is 0.431 e. The van der Waals surface area contributed by atoms with Crippen molar-refractivity contribution in [2.75, 3.05) is 6.54 Å². The fraction of sp³-hybridized carbons (Fsp3) is 0.351. The van der Waals surface area contributed by atoms with Crippen LogP contribution in [0.15, 0.2) is 74.9 Å². The lowest BCUT2D eigenvalue weighted by atomic mass is 9.85. The van der Waals surface area contributed by atoms with Crippen LogP contribution in [0, 0.1) is 35.5 Å². The van der Waals surface area contributed by atoms with Gasteiger partial charge < -0.3 is 16.2 Å². The summed E-state index contributed by atoms with van der Waals surface area (Å²) < 4.78 is 102. The molecule has 0 spiro atoms. The number of para-hydroxylation sites is 1. The summed E-state index contributed by atoms with van der Waals surface area (Å²) in [6.45, 7) is 1.78. The SMILES string of the molecule is Cn1[nH]c(=O)c2cccc(-c3ccc(C#CC(C)(C)O)nc3[C@H](CC3=CC(F)=CC(F)C3)NC(=O)CN=C3C(=C(N)C(F)(F)F)[C@H]4C#C[C@H]4C3(F)F)c21. The zero-order valence-corrected chi connectivity index (χ0v) is 28.3. The lowest BCUT2D eigenvalue weighted by molar-refractivity contribution is -0.120. The molecule has 0 radical (unpaired) electrons. The molecule has 9 nitrogen and oxygen atoms in total. The van der Waals surface area contributed by atoms with Crippen molar-refractivity contribution in [3.05, 3.63) is 86.9 Å². The molecular formula is C37H31F7N6O3. The van der Waals surface area contributed by atoms with Crippen LogP contribution in [-0.2, 0) is 11.8 Å². The van der Waals surface area contributed by atoms with Gasteiger partial charge in [0.2, 0.25) is 5.91 Å². The number of aromatic nitrogens is 3. The summed E-state index contributed by atoms with van der Waals surface area (Å²) in [5, 5.41) is 15.8. The standard InChI is InChI=1S/C37H31F7N6O3/c1-35(2,53)12-11-21-7-8-22(23-5-4-6-25-31(23)50(3)49-34(25)52)30(47-21)27(15-18-13-19(38)16-20(39)14-18)48-28(51)17-46-33-29(32(45)37(42,43)44)24-9-10-26(24)36(33,40)41/h4-8,13,16,20,24,26-27,53H,14-15,17,45H2,1-3H3,(H,48,51)(H,49,52)/t20?,24-,26+,27-/m0/s1. The highest BCUT2D eigenvalue weighted by Gasteiger charge is 2.62. The van der Waals surface area contributed by atoms with Crippen molar-refractivity contribution in [2.24, 2.45) is 29.6 Å². The van der Waals surface area contributed by atoms with Gasteiger partial charge in [0, 0.05) is 30.2 Å². The first-order valence-electron chi connectivity index (χ1n) is 16.2. The Labute approximate surface area is 297 Å². The molecule has 3 aliphatic carbocycles. The number of halogens is 7. The van der Waals surface area contributed by atoms with E-state index in [9.17, 15) is 36.6 Å². The maximum atomic E-state index is 15.3. The van der Waals surface area contributed by atoms with Crippen LogP contribution in [0.4, 0.5) is 30.7 Å². The monoisotopic (exact) mass is 740 g/mol. The van der Waals surface area contributed by atoms with E-state index in [-0.39, 0.29) is 29.8 Å². The summed E-state index contributed by atoms with van der Waals surface area (Å²) in [6, 6.07) is 6.69. The van der Waals surface area contributed by atoms with Crippen LogP contribution in [0.1, 0.15) is 44.1 Å². The number of aliphatic imine (C=N–C) groups is 1. The molecule has 1 amide bonds. The van der Waals surface area contributed by atoms with Gasteiger partial charge in [-0.1, -0.05) is 35.5 Å². The molecule has 1 fully saturated rings. The van der Waals surface area contributed by atoms with Crippen LogP contribution < -0.4 is 16.6 Å². The zero-order chi connectivity index (χ0) is 38.6. The third-order valence-corrected chi connectivity index (χ3v) is 8.84. The predicted molar refractivity (Wildman–Crippen MR) is 182 cm³/mol. The minimum Gasteiger partial charge on any atom is -0.394 e. The molecule has 1 saturated carbocycles. The molecule has 6 rings (SSSR count). The van der Waals surface area contributed by atoms with Gasteiger partial charge in [0.15, 0.2) is 0 Å². The number of pyridine rings is 1. The van der Waals surface area contributed by atoms with Crippen LogP contribution in [-0.4, -0.2) is 61.9 Å². The van der Waals surface area contributed by atoms with Crippen molar-refractivity contribution in [3.63, 3.8) is 0 Å². The van der Waals surface area contributed by atoms with Gasteiger partial charge in [-0.3, -0.25) is 24.4 Å². The van der Waals surface area contributed by atoms with E-state index in [0.717, 1.165) is 12.2 Å². The van der Waals surface area contributed by atoms with E-state index in [4.69, 9.17) is 5.73 Å². The minimum absolute atomic E-state index is 0.0699. The Morgan fingerprint density at radius 2 is 1.96 bits per heavy atom. The number of H-pyrrole nitrogens is 1. The third kappa shape index (κ3) is 7.37. The van der Waals surface area contributed by atoms with E-state index in [0.29, 0.717) is 22.0 Å². The molecule has 0 aliphatic heterocycles. The van der Waals surface area contributed by atoms with Gasteiger partial charge >= 0.3 is 12.1 Å². The smallest absolute Gasteiger partial charge is 0.394 e. The van der Waals surface area contributed by atoms with E-state index in [1.807, 2.05) is 0 Å². The number of carbonyl (C=O) groups is 1. The van der Waals surface area contributed by atoms with E-state index >= 15 is 8.78 Å². The van der Waals surface area contributed by atoms with E-state index < -0.39 is 82.6 Å². The van der Waals surface area contributed by atoms with Gasteiger partial charge in [0.05, 0.1) is 28.6 Å². The lowest BCUT2D eigenvalue weighted by Crippen LogP contribution is -2.35. The average molecular weight is 741 g/mol. The van der Waals surface area contributed by atoms with Crippen molar-refractivity contribution >= 4 is 22.5 Å². The zero-order valence-electron chi connectivity index (χ0n) is 28.3. The molecule has 1 unspecified atom stereocenters. The van der Waals surface area contributed by atoms with Crippen molar-refractivity contribution in [3.8, 4) is 34.8 Å². The minimum atomic E-state index is -5.18. The summed E-state index contributed by atoms with van der Waals surface area (Å²) in [6.07, 6.45) is -5.57. The number of nitrogens with one attached hydrogen (secondary N) is 2. The second-order valence-electron chi connectivity index (χ2n) is 13.4. The summed E-state index contributed by atoms with van der Waals surface area (Å²) in [4.78, 5) is 34.6. The summed E-state index contributed by atoms with van der Waals surface area (Å²) >= 11 is 0. The first kappa shape index (κ1) is 37.2. The Morgan fingerprint density at radius 1 is 1.23 bits per heavy atom. The Bertz CT molecular complexity index is 2340.